The van der Waals surface area contributed by atoms with Crippen LogP contribution in [0.15, 0.2) is 24.3 Å². The van der Waals surface area contributed by atoms with Crippen LogP contribution in [0.25, 0.3) is 0 Å². The molecule has 1 aromatic carbocycles. The number of aromatic hydroxyl groups is 1. The van der Waals surface area contributed by atoms with E-state index >= 15 is 0 Å². The van der Waals surface area contributed by atoms with Crippen molar-refractivity contribution in [1.29, 1.82) is 0 Å². The molecule has 1 aromatic rings. The van der Waals surface area contributed by atoms with Crippen molar-refractivity contribution in [3.8, 4) is 5.75 Å². The Morgan fingerprint density at radius 1 is 1.06 bits per heavy atom. The van der Waals surface area contributed by atoms with Gasteiger partial charge in [-0.25, -0.2) is 4.79 Å². The maximum atomic E-state index is 14.0. The molecule has 3 unspecified atom stereocenters. The molecule has 3 N–H and O–H groups in total. The molecule has 198 valence electrons. The van der Waals surface area contributed by atoms with E-state index in [1.54, 1.807) is 39.0 Å². The Hall–Kier alpha value is -2.77. The second kappa shape index (κ2) is 12.8. The Morgan fingerprint density at radius 3 is 2.14 bits per heavy atom. The van der Waals surface area contributed by atoms with Crippen LogP contribution in [0.4, 0.5) is 4.79 Å². The lowest BCUT2D eigenvalue weighted by atomic mass is 9.95. The zero-order chi connectivity index (χ0) is 27.0. The van der Waals surface area contributed by atoms with Gasteiger partial charge in [0.25, 0.3) is 0 Å². The largest absolute Gasteiger partial charge is 0.508 e. The number of hydrogen-bond acceptors (Lipinski definition) is 5. The minimum Gasteiger partial charge on any atom is -0.508 e. The van der Waals surface area contributed by atoms with Crippen molar-refractivity contribution in [3.63, 3.8) is 0 Å². The van der Waals surface area contributed by atoms with Crippen LogP contribution < -0.4 is 10.6 Å². The van der Waals surface area contributed by atoms with Crippen LogP contribution in [0.5, 0.6) is 5.75 Å². The number of amides is 3. The normalized spacial score (nSPS) is 14.4. The van der Waals surface area contributed by atoms with E-state index in [4.69, 9.17) is 4.74 Å². The summed E-state index contributed by atoms with van der Waals surface area (Å²) < 4.78 is 5.41. The van der Waals surface area contributed by atoms with Crippen molar-refractivity contribution in [2.45, 2.75) is 105 Å². The average Bonchev–Trinajstić information content (AvgIpc) is 2.72. The standard InChI is InChI=1S/C27H45N3O5/c1-10-12-17-30(24(33)21(18(3)11-2)28-25(34)35-27(7,8)9)22(23(32)29-26(4,5)6)19-15-13-14-16-20(19)31/h13-16,18,21-22,31H,10-12,17H2,1-9H3,(H,28,34)(H,29,32). The van der Waals surface area contributed by atoms with Gasteiger partial charge in [0.2, 0.25) is 11.8 Å². The van der Waals surface area contributed by atoms with Gasteiger partial charge in [-0.05, 0) is 59.9 Å². The Kier molecular flexibility index (Phi) is 11.1. The Balaban J connectivity index is 3.54. The topological polar surface area (TPSA) is 108 Å². The maximum absolute atomic E-state index is 14.0. The number of benzene rings is 1. The molecule has 0 fully saturated rings. The molecule has 8 heteroatoms. The highest BCUT2D eigenvalue weighted by Gasteiger charge is 2.39. The average molecular weight is 492 g/mol. The number of alkyl carbamates (subject to hydrolysis) is 1. The summed E-state index contributed by atoms with van der Waals surface area (Å²) in [5.41, 5.74) is -0.941. The van der Waals surface area contributed by atoms with E-state index in [9.17, 15) is 19.5 Å². The fraction of sp³-hybridized carbons (Fsp3) is 0.667. The van der Waals surface area contributed by atoms with Gasteiger partial charge in [-0.15, -0.1) is 0 Å². The molecule has 3 amide bonds. The van der Waals surface area contributed by atoms with E-state index in [2.05, 4.69) is 10.6 Å². The predicted octanol–water partition coefficient (Wildman–Crippen LogP) is 4.92. The molecule has 0 saturated carbocycles. The van der Waals surface area contributed by atoms with E-state index in [1.807, 2.05) is 41.5 Å². The minimum absolute atomic E-state index is 0.0731. The van der Waals surface area contributed by atoms with Crippen LogP contribution in [0.3, 0.4) is 0 Å². The summed E-state index contributed by atoms with van der Waals surface area (Å²) in [6.07, 6.45) is 1.39. The zero-order valence-corrected chi connectivity index (χ0v) is 22.9. The summed E-state index contributed by atoms with van der Waals surface area (Å²) in [6, 6.07) is 4.57. The summed E-state index contributed by atoms with van der Waals surface area (Å²) in [6.45, 7) is 16.9. The number of unbranched alkanes of at least 4 members (excludes halogenated alkanes) is 1. The first-order chi connectivity index (χ1) is 16.1. The van der Waals surface area contributed by atoms with Gasteiger partial charge in [0.15, 0.2) is 0 Å². The molecule has 0 heterocycles. The van der Waals surface area contributed by atoms with Gasteiger partial charge in [0.05, 0.1) is 0 Å². The molecule has 0 aromatic heterocycles. The van der Waals surface area contributed by atoms with Gasteiger partial charge in [-0.3, -0.25) is 9.59 Å². The molecule has 0 bridgehead atoms. The highest BCUT2D eigenvalue weighted by molar-refractivity contribution is 5.93. The van der Waals surface area contributed by atoms with Crippen molar-refractivity contribution in [3.05, 3.63) is 29.8 Å². The van der Waals surface area contributed by atoms with Gasteiger partial charge in [0, 0.05) is 17.6 Å². The summed E-state index contributed by atoms with van der Waals surface area (Å²) in [7, 11) is 0. The molecule has 0 saturated heterocycles. The first-order valence-corrected chi connectivity index (χ1v) is 12.5. The highest BCUT2D eigenvalue weighted by Crippen LogP contribution is 2.31. The molecule has 0 aliphatic carbocycles. The van der Waals surface area contributed by atoms with Crippen LogP contribution in [-0.2, 0) is 14.3 Å². The molecule has 8 nitrogen and oxygen atoms in total. The molecule has 0 spiro atoms. The second-order valence-electron chi connectivity index (χ2n) is 11.1. The second-order valence-corrected chi connectivity index (χ2v) is 11.1. The maximum Gasteiger partial charge on any atom is 0.408 e. The first-order valence-electron chi connectivity index (χ1n) is 12.5. The summed E-state index contributed by atoms with van der Waals surface area (Å²) in [5, 5.41) is 16.3. The van der Waals surface area contributed by atoms with Crippen molar-refractivity contribution < 1.29 is 24.2 Å². The summed E-state index contributed by atoms with van der Waals surface area (Å²) in [5.74, 6) is -1.08. The van der Waals surface area contributed by atoms with Crippen LogP contribution in [0.1, 0.15) is 93.2 Å². The number of ether oxygens (including phenoxy) is 1. The lowest BCUT2D eigenvalue weighted by Gasteiger charge is -2.37. The molecule has 0 radical (unpaired) electrons. The zero-order valence-electron chi connectivity index (χ0n) is 22.9. The molecule has 0 aliphatic rings. The van der Waals surface area contributed by atoms with Gasteiger partial charge in [0.1, 0.15) is 23.4 Å². The quantitative estimate of drug-likeness (QED) is 0.431. The molecular weight excluding hydrogens is 446 g/mol. The smallest absolute Gasteiger partial charge is 0.408 e. The Labute approximate surface area is 210 Å². The third-order valence-corrected chi connectivity index (χ3v) is 5.48. The number of rotatable bonds is 10. The van der Waals surface area contributed by atoms with Crippen molar-refractivity contribution in [1.82, 2.24) is 15.5 Å². The lowest BCUT2D eigenvalue weighted by Crippen LogP contribution is -2.56. The SMILES string of the molecule is CCCCN(C(=O)C(NC(=O)OC(C)(C)C)C(C)CC)C(C(=O)NC(C)(C)C)c1ccccc1O. The third kappa shape index (κ3) is 9.78. The molecule has 0 aliphatic heterocycles. The number of phenolic OH excluding ortho intramolecular Hbond substituents is 1. The van der Waals surface area contributed by atoms with Gasteiger partial charge >= 0.3 is 6.09 Å². The van der Waals surface area contributed by atoms with Gasteiger partial charge < -0.3 is 25.4 Å². The molecule has 3 atom stereocenters. The van der Waals surface area contributed by atoms with E-state index in [0.717, 1.165) is 6.42 Å². The molecule has 35 heavy (non-hydrogen) atoms. The van der Waals surface area contributed by atoms with Gasteiger partial charge in [-0.1, -0.05) is 51.8 Å². The first kappa shape index (κ1) is 30.3. The molecular formula is C27H45N3O5. The van der Waals surface area contributed by atoms with E-state index < -0.39 is 41.1 Å². The van der Waals surface area contributed by atoms with Crippen LogP contribution >= 0.6 is 0 Å². The number of phenols is 1. The number of nitrogens with one attached hydrogen (secondary N) is 2. The van der Waals surface area contributed by atoms with Crippen LogP contribution in [-0.4, -0.2) is 51.6 Å². The van der Waals surface area contributed by atoms with Crippen LogP contribution in [0.2, 0.25) is 0 Å². The van der Waals surface area contributed by atoms with Crippen LogP contribution in [0, 0.1) is 5.92 Å². The summed E-state index contributed by atoms with van der Waals surface area (Å²) in [4.78, 5) is 41.7. The third-order valence-electron chi connectivity index (χ3n) is 5.48. The number of para-hydroxylation sites is 1. The monoisotopic (exact) mass is 491 g/mol. The fourth-order valence-corrected chi connectivity index (χ4v) is 3.60. The lowest BCUT2D eigenvalue weighted by molar-refractivity contribution is -0.144. The number of nitrogens with zero attached hydrogens (tertiary/aromatic N) is 1. The minimum atomic E-state index is -1.07. The fourth-order valence-electron chi connectivity index (χ4n) is 3.60. The summed E-state index contributed by atoms with van der Waals surface area (Å²) >= 11 is 0. The van der Waals surface area contributed by atoms with Crippen molar-refractivity contribution in [2.24, 2.45) is 5.92 Å². The number of carbonyl (C=O) groups is 3. The number of carbonyl (C=O) groups excluding carboxylic acids is 3. The van der Waals surface area contributed by atoms with Gasteiger partial charge in [-0.2, -0.15) is 0 Å². The Morgan fingerprint density at radius 2 is 1.66 bits per heavy atom. The van der Waals surface area contributed by atoms with Crippen molar-refractivity contribution in [2.75, 3.05) is 6.54 Å². The molecule has 1 rings (SSSR count). The number of hydrogen-bond donors (Lipinski definition) is 3. The van der Waals surface area contributed by atoms with Crippen molar-refractivity contribution >= 4 is 17.9 Å². The predicted molar refractivity (Wildman–Crippen MR) is 138 cm³/mol. The van der Waals surface area contributed by atoms with E-state index in [0.29, 0.717) is 18.4 Å². The Bertz CT molecular complexity index is 857. The van der Waals surface area contributed by atoms with E-state index in [1.165, 1.54) is 11.0 Å². The van der Waals surface area contributed by atoms with E-state index in [-0.39, 0.29) is 18.2 Å². The highest BCUT2D eigenvalue weighted by atomic mass is 16.6.